The summed E-state index contributed by atoms with van der Waals surface area (Å²) in [6.07, 6.45) is 13.3. The quantitative estimate of drug-likeness (QED) is 0.206. The summed E-state index contributed by atoms with van der Waals surface area (Å²) in [5.41, 5.74) is 12.6. The lowest BCUT2D eigenvalue weighted by atomic mass is 10.1. The highest BCUT2D eigenvalue weighted by Gasteiger charge is 2.22. The molecule has 208 valence electrons. The maximum Gasteiger partial charge on any atom is 0.323 e. The minimum absolute atomic E-state index is 0.0429. The van der Waals surface area contributed by atoms with E-state index in [9.17, 15) is 9.59 Å². The van der Waals surface area contributed by atoms with E-state index in [1.54, 1.807) is 10.9 Å². The van der Waals surface area contributed by atoms with Gasteiger partial charge in [-0.1, -0.05) is 72.1 Å². The molecule has 2 atom stereocenters. The zero-order valence-corrected chi connectivity index (χ0v) is 22.6. The molecule has 0 amide bonds. The molecule has 0 aliphatic heterocycles. The third kappa shape index (κ3) is 11.4. The predicted molar refractivity (Wildman–Crippen MR) is 141 cm³/mol. The lowest BCUT2D eigenvalue weighted by Gasteiger charge is -2.20. The molecule has 11 heteroatoms. The standard InChI is InChI=1S/C26H44N6O5/c1-4-5-6-7-8-9-10-11-12-13-22(33)35-15-20(16-36-25(34)23(27)19(2)3)37-18-32-17-30-21-14-29-26(28)31-24(21)32/h14,17,19-20,23H,4-13,15-16,18,27H2,1-3H3,(H2,28,29,31)/t20?,23-/m0/s1. The summed E-state index contributed by atoms with van der Waals surface area (Å²) in [6.45, 7) is 5.78. The number of carbonyl (C=O) groups is 2. The van der Waals surface area contributed by atoms with Crippen molar-refractivity contribution in [3.05, 3.63) is 12.5 Å². The number of hydrogen-bond donors (Lipinski definition) is 2. The van der Waals surface area contributed by atoms with Crippen molar-refractivity contribution in [1.29, 1.82) is 0 Å². The van der Waals surface area contributed by atoms with Crippen LogP contribution < -0.4 is 11.5 Å². The van der Waals surface area contributed by atoms with Gasteiger partial charge in [0.25, 0.3) is 0 Å². The van der Waals surface area contributed by atoms with Crippen LogP contribution in [0.4, 0.5) is 5.95 Å². The van der Waals surface area contributed by atoms with Crippen LogP contribution in [0.5, 0.6) is 0 Å². The number of nitrogens with two attached hydrogens (primary N) is 2. The Bertz CT molecular complexity index is 951. The number of esters is 2. The van der Waals surface area contributed by atoms with Crippen molar-refractivity contribution >= 4 is 29.1 Å². The molecule has 0 saturated carbocycles. The molecule has 0 saturated heterocycles. The van der Waals surface area contributed by atoms with Crippen LogP contribution in [-0.2, 0) is 30.5 Å². The van der Waals surface area contributed by atoms with Crippen molar-refractivity contribution in [2.24, 2.45) is 11.7 Å². The van der Waals surface area contributed by atoms with Crippen molar-refractivity contribution in [1.82, 2.24) is 19.5 Å². The van der Waals surface area contributed by atoms with Crippen LogP contribution in [0.2, 0.25) is 0 Å². The highest BCUT2D eigenvalue weighted by atomic mass is 16.6. The molecule has 0 aromatic carbocycles. The SMILES string of the molecule is CCCCCCCCCCCC(=O)OCC(COC(=O)[C@@H](N)C(C)C)OCn1cnc2cnc(N)nc21. The van der Waals surface area contributed by atoms with Gasteiger partial charge in [-0.2, -0.15) is 4.98 Å². The summed E-state index contributed by atoms with van der Waals surface area (Å²) in [6, 6.07) is -0.743. The fraction of sp³-hybridized carbons (Fsp3) is 0.731. The van der Waals surface area contributed by atoms with Crippen molar-refractivity contribution in [3.63, 3.8) is 0 Å². The average molecular weight is 521 g/mol. The Morgan fingerprint density at radius 3 is 2.30 bits per heavy atom. The highest BCUT2D eigenvalue weighted by molar-refractivity contribution is 5.75. The Hall–Kier alpha value is -2.79. The molecule has 37 heavy (non-hydrogen) atoms. The number of ether oxygens (including phenoxy) is 3. The van der Waals surface area contributed by atoms with Crippen LogP contribution >= 0.6 is 0 Å². The van der Waals surface area contributed by atoms with Gasteiger partial charge in [0.1, 0.15) is 37.6 Å². The first-order valence-corrected chi connectivity index (χ1v) is 13.4. The van der Waals surface area contributed by atoms with Crippen LogP contribution in [0, 0.1) is 5.92 Å². The van der Waals surface area contributed by atoms with E-state index >= 15 is 0 Å². The third-order valence-corrected chi connectivity index (χ3v) is 6.14. The highest BCUT2D eigenvalue weighted by Crippen LogP contribution is 2.13. The van der Waals surface area contributed by atoms with Crippen molar-refractivity contribution in [3.8, 4) is 0 Å². The van der Waals surface area contributed by atoms with Gasteiger partial charge in [-0.05, 0) is 12.3 Å². The second-order valence-corrected chi connectivity index (χ2v) is 9.73. The Morgan fingerprint density at radius 2 is 1.62 bits per heavy atom. The molecule has 2 aromatic rings. The molecule has 0 aliphatic rings. The first-order chi connectivity index (χ1) is 17.8. The van der Waals surface area contributed by atoms with Gasteiger partial charge in [0, 0.05) is 6.42 Å². The minimum Gasteiger partial charge on any atom is -0.463 e. The topological polar surface area (TPSA) is 157 Å². The fourth-order valence-electron chi connectivity index (χ4n) is 3.67. The molecular weight excluding hydrogens is 476 g/mol. The molecular formula is C26H44N6O5. The number of imidazole rings is 1. The van der Waals surface area contributed by atoms with E-state index in [1.807, 2.05) is 13.8 Å². The number of rotatable bonds is 19. The van der Waals surface area contributed by atoms with Crippen LogP contribution in [0.15, 0.2) is 12.5 Å². The zero-order valence-electron chi connectivity index (χ0n) is 22.6. The van der Waals surface area contributed by atoms with E-state index in [2.05, 4.69) is 21.9 Å². The molecule has 0 radical (unpaired) electrons. The summed E-state index contributed by atoms with van der Waals surface area (Å²) < 4.78 is 18.3. The Morgan fingerprint density at radius 1 is 0.973 bits per heavy atom. The summed E-state index contributed by atoms with van der Waals surface area (Å²) in [7, 11) is 0. The second kappa shape index (κ2) is 16.9. The van der Waals surface area contributed by atoms with E-state index in [4.69, 9.17) is 25.7 Å². The van der Waals surface area contributed by atoms with Gasteiger partial charge in [-0.25, -0.2) is 9.97 Å². The molecule has 11 nitrogen and oxygen atoms in total. The maximum absolute atomic E-state index is 12.3. The number of unbranched alkanes of at least 4 members (excludes halogenated alkanes) is 8. The van der Waals surface area contributed by atoms with Gasteiger partial charge >= 0.3 is 11.9 Å². The zero-order chi connectivity index (χ0) is 27.0. The molecule has 4 N–H and O–H groups in total. The smallest absolute Gasteiger partial charge is 0.323 e. The first kappa shape index (κ1) is 30.4. The number of fused-ring (bicyclic) bond motifs is 1. The van der Waals surface area contributed by atoms with Crippen LogP contribution in [0.1, 0.15) is 85.0 Å². The normalized spacial score (nSPS) is 13.1. The monoisotopic (exact) mass is 520 g/mol. The largest absolute Gasteiger partial charge is 0.463 e. The van der Waals surface area contributed by atoms with Gasteiger partial charge in [-0.3, -0.25) is 14.2 Å². The Labute approximate surface area is 219 Å². The predicted octanol–water partition coefficient (Wildman–Crippen LogP) is 3.74. The lowest BCUT2D eigenvalue weighted by Crippen LogP contribution is -2.39. The molecule has 0 aliphatic carbocycles. The van der Waals surface area contributed by atoms with E-state index in [0.29, 0.717) is 17.6 Å². The van der Waals surface area contributed by atoms with Crippen LogP contribution in [0.25, 0.3) is 11.2 Å². The molecule has 2 aromatic heterocycles. The van der Waals surface area contributed by atoms with E-state index in [0.717, 1.165) is 19.3 Å². The Balaban J connectivity index is 1.80. The van der Waals surface area contributed by atoms with Gasteiger partial charge < -0.3 is 25.7 Å². The van der Waals surface area contributed by atoms with Crippen LogP contribution in [-0.4, -0.2) is 56.8 Å². The lowest BCUT2D eigenvalue weighted by molar-refractivity contribution is -0.158. The molecule has 0 spiro atoms. The van der Waals surface area contributed by atoms with Gasteiger partial charge in [0.05, 0.1) is 12.5 Å². The number of hydrogen-bond acceptors (Lipinski definition) is 10. The molecule has 2 rings (SSSR count). The minimum atomic E-state index is -0.743. The average Bonchev–Trinajstić information content (AvgIpc) is 3.28. The maximum atomic E-state index is 12.3. The summed E-state index contributed by atoms with van der Waals surface area (Å²) in [5, 5.41) is 0. The van der Waals surface area contributed by atoms with E-state index < -0.39 is 18.1 Å². The van der Waals surface area contributed by atoms with Crippen molar-refractivity contribution in [2.45, 2.75) is 104 Å². The summed E-state index contributed by atoms with van der Waals surface area (Å²) in [5.74, 6) is -0.773. The number of nitrogens with zero attached hydrogens (tertiary/aromatic N) is 4. The summed E-state index contributed by atoms with van der Waals surface area (Å²) in [4.78, 5) is 36.8. The van der Waals surface area contributed by atoms with E-state index in [1.165, 1.54) is 44.7 Å². The summed E-state index contributed by atoms with van der Waals surface area (Å²) >= 11 is 0. The van der Waals surface area contributed by atoms with E-state index in [-0.39, 0.29) is 37.8 Å². The van der Waals surface area contributed by atoms with Gasteiger partial charge in [-0.15, -0.1) is 0 Å². The molecule has 0 fully saturated rings. The first-order valence-electron chi connectivity index (χ1n) is 13.4. The third-order valence-electron chi connectivity index (χ3n) is 6.14. The van der Waals surface area contributed by atoms with Crippen LogP contribution in [0.3, 0.4) is 0 Å². The van der Waals surface area contributed by atoms with Crippen molar-refractivity contribution < 1.29 is 23.8 Å². The second-order valence-electron chi connectivity index (χ2n) is 9.73. The van der Waals surface area contributed by atoms with Gasteiger partial charge in [0.15, 0.2) is 5.65 Å². The number of nitrogen functional groups attached to an aromatic ring is 1. The number of anilines is 1. The molecule has 0 bridgehead atoms. The molecule has 1 unspecified atom stereocenters. The number of aromatic nitrogens is 4. The Kier molecular flexibility index (Phi) is 13.9. The molecule has 2 heterocycles. The van der Waals surface area contributed by atoms with Crippen molar-refractivity contribution in [2.75, 3.05) is 18.9 Å². The van der Waals surface area contributed by atoms with Gasteiger partial charge in [0.2, 0.25) is 5.95 Å². The number of carbonyl (C=O) groups excluding carboxylic acids is 2. The fourth-order valence-corrected chi connectivity index (χ4v) is 3.67.